The Bertz CT molecular complexity index is 622. The largest absolute Gasteiger partial charge is 0.416 e. The van der Waals surface area contributed by atoms with E-state index in [1.54, 1.807) is 12.3 Å². The first kappa shape index (κ1) is 14.5. The van der Waals surface area contributed by atoms with Gasteiger partial charge >= 0.3 is 6.18 Å². The molecule has 7 heteroatoms. The fourth-order valence-electron chi connectivity index (χ4n) is 1.62. The third-order valence-corrected chi connectivity index (χ3v) is 3.36. The standard InChI is InChI=1S/C13H11F3N2OS/c1-8-7-20-12(17-8)18-11(19)6-9-3-2-4-10(5-9)13(14,15)16/h2-5,7H,6H2,1H3,(H,17,18,19). The fraction of sp³-hybridized carbons (Fsp3) is 0.231. The summed E-state index contributed by atoms with van der Waals surface area (Å²) in [5.41, 5.74) is 0.336. The molecule has 106 valence electrons. The van der Waals surface area contributed by atoms with Crippen molar-refractivity contribution in [2.24, 2.45) is 0 Å². The van der Waals surface area contributed by atoms with Crippen LogP contribution in [0.4, 0.5) is 18.3 Å². The number of halogens is 3. The van der Waals surface area contributed by atoms with Gasteiger partial charge in [0.2, 0.25) is 5.91 Å². The maximum Gasteiger partial charge on any atom is 0.416 e. The zero-order valence-electron chi connectivity index (χ0n) is 10.5. The molecule has 2 rings (SSSR count). The number of nitrogens with one attached hydrogen (secondary N) is 1. The minimum atomic E-state index is -4.40. The number of hydrogen-bond acceptors (Lipinski definition) is 3. The van der Waals surface area contributed by atoms with Gasteiger partial charge in [-0.05, 0) is 18.6 Å². The van der Waals surface area contributed by atoms with Gasteiger partial charge in [0.05, 0.1) is 17.7 Å². The minimum absolute atomic E-state index is 0.122. The van der Waals surface area contributed by atoms with Gasteiger partial charge in [0.15, 0.2) is 5.13 Å². The molecule has 0 saturated heterocycles. The SMILES string of the molecule is Cc1csc(NC(=O)Cc2cccc(C(F)(F)F)c2)n1. The minimum Gasteiger partial charge on any atom is -0.302 e. The molecule has 0 bridgehead atoms. The molecule has 0 fully saturated rings. The van der Waals surface area contributed by atoms with Crippen LogP contribution in [0.15, 0.2) is 29.6 Å². The molecule has 1 aromatic carbocycles. The lowest BCUT2D eigenvalue weighted by Crippen LogP contribution is -2.15. The lowest BCUT2D eigenvalue weighted by atomic mass is 10.1. The lowest BCUT2D eigenvalue weighted by Gasteiger charge is -2.08. The molecule has 1 aromatic heterocycles. The predicted molar refractivity (Wildman–Crippen MR) is 70.6 cm³/mol. The lowest BCUT2D eigenvalue weighted by molar-refractivity contribution is -0.137. The predicted octanol–water partition coefficient (Wildman–Crippen LogP) is 3.65. The average molecular weight is 300 g/mol. The molecule has 20 heavy (non-hydrogen) atoms. The number of amides is 1. The highest BCUT2D eigenvalue weighted by Gasteiger charge is 2.30. The first-order valence-corrected chi connectivity index (χ1v) is 6.60. The van der Waals surface area contributed by atoms with Crippen LogP contribution >= 0.6 is 11.3 Å². The second-order valence-electron chi connectivity index (χ2n) is 4.22. The molecule has 0 aliphatic rings. The number of benzene rings is 1. The number of aromatic nitrogens is 1. The summed E-state index contributed by atoms with van der Waals surface area (Å²) in [6, 6.07) is 4.74. The second-order valence-corrected chi connectivity index (χ2v) is 5.08. The van der Waals surface area contributed by atoms with Gasteiger partial charge in [0.1, 0.15) is 0 Å². The number of rotatable bonds is 3. The highest BCUT2D eigenvalue weighted by Crippen LogP contribution is 2.29. The zero-order chi connectivity index (χ0) is 14.8. The van der Waals surface area contributed by atoms with Crippen molar-refractivity contribution in [1.82, 2.24) is 4.98 Å². The van der Waals surface area contributed by atoms with Gasteiger partial charge in [0.25, 0.3) is 0 Å². The molecule has 2 aromatic rings. The smallest absolute Gasteiger partial charge is 0.302 e. The highest BCUT2D eigenvalue weighted by molar-refractivity contribution is 7.13. The zero-order valence-corrected chi connectivity index (χ0v) is 11.3. The summed E-state index contributed by atoms with van der Waals surface area (Å²) in [7, 11) is 0. The van der Waals surface area contributed by atoms with Crippen molar-refractivity contribution in [3.05, 3.63) is 46.5 Å². The number of nitrogens with zero attached hydrogens (tertiary/aromatic N) is 1. The number of anilines is 1. The summed E-state index contributed by atoms with van der Waals surface area (Å²) in [6.07, 6.45) is -4.53. The van der Waals surface area contributed by atoms with Crippen LogP contribution in [0.5, 0.6) is 0 Å². The molecule has 0 atom stereocenters. The average Bonchev–Trinajstić information content (AvgIpc) is 2.73. The van der Waals surface area contributed by atoms with Crippen LogP contribution < -0.4 is 5.32 Å². The van der Waals surface area contributed by atoms with E-state index >= 15 is 0 Å². The molecule has 1 heterocycles. The first-order valence-electron chi connectivity index (χ1n) is 5.73. The Kier molecular flexibility index (Phi) is 4.08. The van der Waals surface area contributed by atoms with Gasteiger partial charge in [-0.3, -0.25) is 4.79 Å². The van der Waals surface area contributed by atoms with Crippen LogP contribution in [0.2, 0.25) is 0 Å². The van der Waals surface area contributed by atoms with Gasteiger partial charge in [-0.25, -0.2) is 4.98 Å². The van der Waals surface area contributed by atoms with Gasteiger partial charge < -0.3 is 5.32 Å². The number of thiazole rings is 1. The second kappa shape index (κ2) is 5.62. The summed E-state index contributed by atoms with van der Waals surface area (Å²) in [5, 5.41) is 4.78. The van der Waals surface area contributed by atoms with E-state index < -0.39 is 17.6 Å². The third-order valence-electron chi connectivity index (χ3n) is 2.48. The third kappa shape index (κ3) is 3.80. The van der Waals surface area contributed by atoms with Gasteiger partial charge in [0, 0.05) is 5.38 Å². The molecular formula is C13H11F3N2OS. The van der Waals surface area contributed by atoms with Crippen LogP contribution in [-0.4, -0.2) is 10.9 Å². The number of carbonyl (C=O) groups excluding carboxylic acids is 1. The number of carbonyl (C=O) groups is 1. The molecule has 1 amide bonds. The Morgan fingerprint density at radius 3 is 2.75 bits per heavy atom. The molecule has 0 radical (unpaired) electrons. The van der Waals surface area contributed by atoms with E-state index in [1.165, 1.54) is 23.5 Å². The van der Waals surface area contributed by atoms with Crippen LogP contribution in [0.3, 0.4) is 0 Å². The summed E-state index contributed by atoms with van der Waals surface area (Å²) in [5.74, 6) is -0.390. The fourth-order valence-corrected chi connectivity index (χ4v) is 2.32. The van der Waals surface area contributed by atoms with E-state index in [0.29, 0.717) is 10.7 Å². The van der Waals surface area contributed by atoms with Crippen LogP contribution in [-0.2, 0) is 17.4 Å². The van der Waals surface area contributed by atoms with E-state index in [-0.39, 0.29) is 6.42 Å². The molecule has 3 nitrogen and oxygen atoms in total. The van der Waals surface area contributed by atoms with Crippen molar-refractivity contribution in [2.75, 3.05) is 5.32 Å². The van der Waals surface area contributed by atoms with Crippen LogP contribution in [0, 0.1) is 6.92 Å². The Hall–Kier alpha value is -1.89. The van der Waals surface area contributed by atoms with E-state index in [2.05, 4.69) is 10.3 Å². The Labute approximate surface area is 117 Å². The molecule has 1 N–H and O–H groups in total. The van der Waals surface area contributed by atoms with Gasteiger partial charge in [-0.15, -0.1) is 11.3 Å². The molecule has 0 aliphatic heterocycles. The van der Waals surface area contributed by atoms with Crippen molar-refractivity contribution >= 4 is 22.4 Å². The van der Waals surface area contributed by atoms with Crippen molar-refractivity contribution in [3.8, 4) is 0 Å². The van der Waals surface area contributed by atoms with E-state index in [4.69, 9.17) is 0 Å². The number of aryl methyl sites for hydroxylation is 1. The summed E-state index contributed by atoms with van der Waals surface area (Å²) < 4.78 is 37.6. The van der Waals surface area contributed by atoms with Crippen molar-refractivity contribution < 1.29 is 18.0 Å². The summed E-state index contributed by atoms with van der Waals surface area (Å²) in [4.78, 5) is 15.8. The molecule has 0 unspecified atom stereocenters. The van der Waals surface area contributed by atoms with Crippen molar-refractivity contribution in [3.63, 3.8) is 0 Å². The maximum absolute atomic E-state index is 12.5. The topological polar surface area (TPSA) is 42.0 Å². The Balaban J connectivity index is 2.04. The molecule has 0 aliphatic carbocycles. The van der Waals surface area contributed by atoms with Gasteiger partial charge in [-0.1, -0.05) is 18.2 Å². The van der Waals surface area contributed by atoms with Gasteiger partial charge in [-0.2, -0.15) is 13.2 Å². The first-order chi connectivity index (χ1) is 9.34. The van der Waals surface area contributed by atoms with E-state index in [1.807, 2.05) is 0 Å². The van der Waals surface area contributed by atoms with Crippen molar-refractivity contribution in [2.45, 2.75) is 19.5 Å². The summed E-state index contributed by atoms with van der Waals surface area (Å²) >= 11 is 1.27. The van der Waals surface area contributed by atoms with Crippen molar-refractivity contribution in [1.29, 1.82) is 0 Å². The van der Waals surface area contributed by atoms with E-state index in [9.17, 15) is 18.0 Å². The van der Waals surface area contributed by atoms with E-state index in [0.717, 1.165) is 17.8 Å². The number of alkyl halides is 3. The number of hydrogen-bond donors (Lipinski definition) is 1. The van der Waals surface area contributed by atoms with Crippen LogP contribution in [0.25, 0.3) is 0 Å². The summed E-state index contributed by atoms with van der Waals surface area (Å²) in [6.45, 7) is 1.79. The normalized spacial score (nSPS) is 11.4. The molecule has 0 spiro atoms. The highest BCUT2D eigenvalue weighted by atomic mass is 32.1. The monoisotopic (exact) mass is 300 g/mol. The molecule has 0 saturated carbocycles. The Morgan fingerprint density at radius 2 is 2.15 bits per heavy atom. The molecular weight excluding hydrogens is 289 g/mol. The Morgan fingerprint density at radius 1 is 1.40 bits per heavy atom. The maximum atomic E-state index is 12.5. The van der Waals surface area contributed by atoms with Crippen LogP contribution in [0.1, 0.15) is 16.8 Å². The quantitative estimate of drug-likeness (QED) is 0.940.